The van der Waals surface area contributed by atoms with Crippen molar-refractivity contribution in [2.24, 2.45) is 0 Å². The fourth-order valence-electron chi connectivity index (χ4n) is 3.10. The van der Waals surface area contributed by atoms with Crippen LogP contribution in [0.5, 0.6) is 0 Å². The molecule has 24 heavy (non-hydrogen) atoms. The van der Waals surface area contributed by atoms with Crippen LogP contribution in [0.1, 0.15) is 27.2 Å². The van der Waals surface area contributed by atoms with E-state index in [0.717, 1.165) is 39.1 Å². The first kappa shape index (κ1) is 15.6. The summed E-state index contributed by atoms with van der Waals surface area (Å²) in [5.41, 5.74) is 4.77. The van der Waals surface area contributed by atoms with Crippen molar-refractivity contribution in [3.8, 4) is 11.3 Å². The number of aryl methyl sites for hydroxylation is 1. The van der Waals surface area contributed by atoms with Crippen molar-refractivity contribution in [2.75, 3.05) is 7.05 Å². The van der Waals surface area contributed by atoms with Gasteiger partial charge in [-0.15, -0.1) is 11.3 Å². The van der Waals surface area contributed by atoms with Crippen LogP contribution in [0.15, 0.2) is 44.0 Å². The molecule has 0 atom stereocenters. The van der Waals surface area contributed by atoms with Crippen LogP contribution in [-0.2, 0) is 19.4 Å². The molecule has 1 aliphatic rings. The zero-order valence-electron chi connectivity index (χ0n) is 13.1. The third-order valence-corrected chi connectivity index (χ3v) is 5.84. The van der Waals surface area contributed by atoms with Crippen LogP contribution in [0.4, 0.5) is 0 Å². The Morgan fingerprint density at radius 1 is 1.38 bits per heavy atom. The number of carbonyl (C=O) groups excluding carboxylic acids is 1. The molecule has 1 aromatic carbocycles. The van der Waals surface area contributed by atoms with E-state index >= 15 is 0 Å². The predicted molar refractivity (Wildman–Crippen MR) is 97.2 cm³/mol. The van der Waals surface area contributed by atoms with Crippen molar-refractivity contribution in [2.45, 2.75) is 19.4 Å². The monoisotopic (exact) mass is 402 g/mol. The quantitative estimate of drug-likeness (QED) is 0.645. The Morgan fingerprint density at radius 3 is 3.00 bits per heavy atom. The molecule has 0 spiro atoms. The Morgan fingerprint density at radius 2 is 2.21 bits per heavy atom. The third kappa shape index (κ3) is 2.70. The molecule has 0 fully saturated rings. The molecule has 2 heterocycles. The maximum atomic E-state index is 12.8. The van der Waals surface area contributed by atoms with Crippen LogP contribution in [0.25, 0.3) is 11.3 Å². The lowest BCUT2D eigenvalue weighted by atomic mass is 9.89. The van der Waals surface area contributed by atoms with Gasteiger partial charge in [0.15, 0.2) is 11.5 Å². The molecular weight excluding hydrogens is 388 g/mol. The van der Waals surface area contributed by atoms with E-state index in [4.69, 9.17) is 4.52 Å². The van der Waals surface area contributed by atoms with Crippen molar-refractivity contribution in [3.05, 3.63) is 61.9 Å². The zero-order chi connectivity index (χ0) is 16.7. The molecule has 4 nitrogen and oxygen atoms in total. The maximum Gasteiger partial charge on any atom is 0.276 e. The highest BCUT2D eigenvalue weighted by molar-refractivity contribution is 9.11. The number of aromatic nitrogens is 1. The van der Waals surface area contributed by atoms with Gasteiger partial charge in [-0.1, -0.05) is 29.4 Å². The van der Waals surface area contributed by atoms with Gasteiger partial charge in [-0.3, -0.25) is 4.79 Å². The van der Waals surface area contributed by atoms with E-state index in [2.05, 4.69) is 27.2 Å². The number of thiophene rings is 1. The Labute approximate surface area is 152 Å². The molecule has 0 saturated carbocycles. The second-order valence-corrected chi connectivity index (χ2v) is 8.21. The number of halogens is 1. The highest BCUT2D eigenvalue weighted by Gasteiger charge is 2.28. The number of benzene rings is 1. The van der Waals surface area contributed by atoms with E-state index in [1.54, 1.807) is 23.3 Å². The number of nitrogens with zero attached hydrogens (tertiary/aromatic N) is 2. The molecule has 1 amide bonds. The van der Waals surface area contributed by atoms with Gasteiger partial charge >= 0.3 is 0 Å². The number of fused-ring (bicyclic) bond motifs is 3. The first-order valence-corrected chi connectivity index (χ1v) is 9.36. The Hall–Kier alpha value is -1.92. The largest absolute Gasteiger partial charge is 0.355 e. The van der Waals surface area contributed by atoms with Gasteiger partial charge in [0.2, 0.25) is 0 Å². The fraction of sp³-hybridized carbons (Fsp3) is 0.222. The lowest BCUT2D eigenvalue weighted by Crippen LogP contribution is -2.27. The summed E-state index contributed by atoms with van der Waals surface area (Å²) in [6.45, 7) is 0.555. The normalized spacial score (nSPS) is 12.6. The molecule has 122 valence electrons. The smallest absolute Gasteiger partial charge is 0.276 e. The van der Waals surface area contributed by atoms with E-state index in [1.807, 2.05) is 29.6 Å². The molecule has 0 radical (unpaired) electrons. The lowest BCUT2D eigenvalue weighted by Gasteiger charge is -2.17. The summed E-state index contributed by atoms with van der Waals surface area (Å²) >= 11 is 5.07. The Kier molecular flexibility index (Phi) is 4.02. The SMILES string of the molecule is CN(Cc1csc(Br)c1)C(=O)c1noc2c1CCc1ccccc1-2. The summed E-state index contributed by atoms with van der Waals surface area (Å²) in [4.78, 5) is 14.5. The number of amides is 1. The first-order chi connectivity index (χ1) is 11.6. The summed E-state index contributed by atoms with van der Waals surface area (Å²) < 4.78 is 6.60. The van der Waals surface area contributed by atoms with Crippen molar-refractivity contribution >= 4 is 33.2 Å². The van der Waals surface area contributed by atoms with Gasteiger partial charge < -0.3 is 9.42 Å². The van der Waals surface area contributed by atoms with Crippen LogP contribution < -0.4 is 0 Å². The summed E-state index contributed by atoms with van der Waals surface area (Å²) in [6, 6.07) is 10.2. The van der Waals surface area contributed by atoms with E-state index in [0.29, 0.717) is 12.2 Å². The molecule has 0 bridgehead atoms. The van der Waals surface area contributed by atoms with E-state index in [-0.39, 0.29) is 5.91 Å². The lowest BCUT2D eigenvalue weighted by molar-refractivity contribution is 0.0774. The number of hydrogen-bond acceptors (Lipinski definition) is 4. The van der Waals surface area contributed by atoms with Crippen molar-refractivity contribution < 1.29 is 9.32 Å². The van der Waals surface area contributed by atoms with Gasteiger partial charge in [0.1, 0.15) is 0 Å². The molecule has 2 aromatic heterocycles. The number of carbonyl (C=O) groups is 1. The van der Waals surface area contributed by atoms with Gasteiger partial charge in [-0.25, -0.2) is 0 Å². The van der Waals surface area contributed by atoms with Gasteiger partial charge in [-0.2, -0.15) is 0 Å². The highest BCUT2D eigenvalue weighted by Crippen LogP contribution is 2.35. The Balaban J connectivity index is 1.62. The minimum absolute atomic E-state index is 0.0956. The Bertz CT molecular complexity index is 915. The maximum absolute atomic E-state index is 12.8. The molecule has 1 aliphatic carbocycles. The van der Waals surface area contributed by atoms with Gasteiger partial charge in [-0.05, 0) is 51.3 Å². The standard InChI is InChI=1S/C18H15BrN2O2S/c1-21(9-11-8-15(19)24-10-11)18(22)16-14-7-6-12-4-2-3-5-13(12)17(14)23-20-16/h2-5,8,10H,6-7,9H2,1H3. The van der Waals surface area contributed by atoms with Crippen LogP contribution >= 0.6 is 27.3 Å². The van der Waals surface area contributed by atoms with Crippen LogP contribution in [0.2, 0.25) is 0 Å². The van der Waals surface area contributed by atoms with Gasteiger partial charge in [0.05, 0.1) is 3.79 Å². The summed E-state index contributed by atoms with van der Waals surface area (Å²) in [5.74, 6) is 0.647. The zero-order valence-corrected chi connectivity index (χ0v) is 15.5. The molecule has 3 aromatic rings. The van der Waals surface area contributed by atoms with Crippen molar-refractivity contribution in [1.82, 2.24) is 10.1 Å². The molecule has 0 aliphatic heterocycles. The van der Waals surface area contributed by atoms with E-state index in [9.17, 15) is 4.79 Å². The number of hydrogen-bond donors (Lipinski definition) is 0. The van der Waals surface area contributed by atoms with Gasteiger partial charge in [0, 0.05) is 24.7 Å². The fourth-order valence-corrected chi connectivity index (χ4v) is 4.30. The van der Waals surface area contributed by atoms with Crippen LogP contribution in [0.3, 0.4) is 0 Å². The average Bonchev–Trinajstić information content (AvgIpc) is 3.20. The molecular formula is C18H15BrN2O2S. The molecule has 0 saturated heterocycles. The minimum Gasteiger partial charge on any atom is -0.355 e. The minimum atomic E-state index is -0.0956. The molecule has 0 N–H and O–H groups in total. The second kappa shape index (κ2) is 6.18. The highest BCUT2D eigenvalue weighted by atomic mass is 79.9. The van der Waals surface area contributed by atoms with Crippen LogP contribution in [-0.4, -0.2) is 23.0 Å². The second-order valence-electron chi connectivity index (χ2n) is 5.92. The predicted octanol–water partition coefficient (Wildman–Crippen LogP) is 4.54. The van der Waals surface area contributed by atoms with E-state index < -0.39 is 0 Å². The van der Waals surface area contributed by atoms with E-state index in [1.165, 1.54) is 5.56 Å². The third-order valence-electron chi connectivity index (χ3n) is 4.29. The van der Waals surface area contributed by atoms with Crippen LogP contribution in [0, 0.1) is 0 Å². The van der Waals surface area contributed by atoms with Crippen molar-refractivity contribution in [3.63, 3.8) is 0 Å². The van der Waals surface area contributed by atoms with Gasteiger partial charge in [0.25, 0.3) is 5.91 Å². The summed E-state index contributed by atoms with van der Waals surface area (Å²) in [6.07, 6.45) is 1.70. The molecule has 6 heteroatoms. The number of rotatable bonds is 3. The summed E-state index contributed by atoms with van der Waals surface area (Å²) in [5, 5.41) is 6.14. The molecule has 0 unspecified atom stereocenters. The average molecular weight is 403 g/mol. The summed E-state index contributed by atoms with van der Waals surface area (Å²) in [7, 11) is 1.80. The first-order valence-electron chi connectivity index (χ1n) is 7.68. The molecule has 4 rings (SSSR count). The topological polar surface area (TPSA) is 46.3 Å². The van der Waals surface area contributed by atoms with Crippen molar-refractivity contribution in [1.29, 1.82) is 0 Å².